The molecule has 5 rings (SSSR count). The van der Waals surface area contributed by atoms with E-state index < -0.39 is 17.0 Å². The van der Waals surface area contributed by atoms with E-state index in [1.54, 1.807) is 6.07 Å². The largest absolute Gasteiger partial charge is 0.309 e. The van der Waals surface area contributed by atoms with Gasteiger partial charge in [0.15, 0.2) is 11.6 Å². The Bertz CT molecular complexity index is 1160. The molecule has 0 amide bonds. The monoisotopic (exact) mass is 442 g/mol. The summed E-state index contributed by atoms with van der Waals surface area (Å²) < 4.78 is 27.8. The van der Waals surface area contributed by atoms with E-state index in [9.17, 15) is 8.78 Å². The Morgan fingerprint density at radius 3 is 2.53 bits per heavy atom. The molecule has 6 heteroatoms. The first-order chi connectivity index (χ1) is 14.5. The number of rotatable bonds is 2. The van der Waals surface area contributed by atoms with Crippen molar-refractivity contribution >= 4 is 35.1 Å². The molecule has 2 aliphatic heterocycles. The molecule has 1 spiro atoms. The van der Waals surface area contributed by atoms with Crippen LogP contribution >= 0.6 is 23.2 Å². The summed E-state index contributed by atoms with van der Waals surface area (Å²) in [5, 5.41) is 4.81. The van der Waals surface area contributed by atoms with Crippen LogP contribution in [0, 0.1) is 11.6 Å². The van der Waals surface area contributed by atoms with Crippen molar-refractivity contribution < 1.29 is 8.78 Å². The van der Waals surface area contributed by atoms with Crippen molar-refractivity contribution in [2.45, 2.75) is 23.8 Å². The number of aliphatic imine (C=N–C) groups is 1. The Labute approximate surface area is 183 Å². The summed E-state index contributed by atoms with van der Waals surface area (Å²) in [6.45, 7) is 0.722. The Balaban J connectivity index is 1.74. The maximum atomic E-state index is 14.2. The van der Waals surface area contributed by atoms with Gasteiger partial charge in [0.05, 0.1) is 11.1 Å². The van der Waals surface area contributed by atoms with Crippen LogP contribution in [0.25, 0.3) is 0 Å². The van der Waals surface area contributed by atoms with E-state index >= 15 is 0 Å². The van der Waals surface area contributed by atoms with Gasteiger partial charge in [-0.2, -0.15) is 0 Å². The van der Waals surface area contributed by atoms with Crippen molar-refractivity contribution in [3.8, 4) is 0 Å². The van der Waals surface area contributed by atoms with Gasteiger partial charge in [-0.15, -0.1) is 0 Å². The maximum Gasteiger partial charge on any atom is 0.159 e. The third kappa shape index (κ3) is 3.06. The van der Waals surface area contributed by atoms with E-state index in [2.05, 4.69) is 11.4 Å². The molecule has 3 aromatic rings. The summed E-state index contributed by atoms with van der Waals surface area (Å²) in [6.07, 6.45) is 2.78. The van der Waals surface area contributed by atoms with Crippen molar-refractivity contribution in [3.63, 3.8) is 0 Å². The molecule has 30 heavy (non-hydrogen) atoms. The standard InChI is InChI=1S/C24H18Cl2F2N2/c25-16-3-1-2-14(10-16)18-8-9-29-23(15-4-7-20(27)21(28)11-15)24(18)13-30-22-12-17(26)5-6-19(22)24/h1-7,10-13,18,23,29H,8-9H2/t18-,23+,24-/m0/s1. The van der Waals surface area contributed by atoms with E-state index in [1.165, 1.54) is 12.1 Å². The summed E-state index contributed by atoms with van der Waals surface area (Å²) >= 11 is 12.5. The summed E-state index contributed by atoms with van der Waals surface area (Å²) in [5.74, 6) is -1.68. The van der Waals surface area contributed by atoms with Gasteiger partial charge in [0.1, 0.15) is 0 Å². The fraction of sp³-hybridized carbons (Fsp3) is 0.208. The number of nitrogens with one attached hydrogen (secondary N) is 1. The third-order valence-corrected chi connectivity index (χ3v) is 6.68. The summed E-state index contributed by atoms with van der Waals surface area (Å²) in [4.78, 5) is 4.70. The number of nitrogens with zero attached hydrogens (tertiary/aromatic N) is 1. The predicted molar refractivity (Wildman–Crippen MR) is 117 cm³/mol. The van der Waals surface area contributed by atoms with E-state index in [0.717, 1.165) is 29.8 Å². The molecule has 2 heterocycles. The minimum Gasteiger partial charge on any atom is -0.309 e. The minimum atomic E-state index is -0.861. The Kier molecular flexibility index (Phi) is 4.89. The number of halogens is 4. The van der Waals surface area contributed by atoms with Crippen LogP contribution in [0.2, 0.25) is 10.0 Å². The van der Waals surface area contributed by atoms with Crippen molar-refractivity contribution in [1.29, 1.82) is 0 Å². The van der Waals surface area contributed by atoms with Gasteiger partial charge in [-0.3, -0.25) is 4.99 Å². The molecule has 3 aromatic carbocycles. The molecule has 0 saturated carbocycles. The quantitative estimate of drug-likeness (QED) is 0.466. The fourth-order valence-corrected chi connectivity index (χ4v) is 5.33. The lowest BCUT2D eigenvalue weighted by Gasteiger charge is -2.47. The van der Waals surface area contributed by atoms with Crippen molar-refractivity contribution in [3.05, 3.63) is 99.0 Å². The highest BCUT2D eigenvalue weighted by Crippen LogP contribution is 2.56. The second-order valence-corrected chi connectivity index (χ2v) is 8.68. The van der Waals surface area contributed by atoms with Crippen LogP contribution in [0.15, 0.2) is 65.7 Å². The zero-order chi connectivity index (χ0) is 20.9. The van der Waals surface area contributed by atoms with E-state index in [-0.39, 0.29) is 12.0 Å². The van der Waals surface area contributed by atoms with Crippen LogP contribution < -0.4 is 5.32 Å². The summed E-state index contributed by atoms with van der Waals surface area (Å²) in [5.41, 5.74) is 2.98. The van der Waals surface area contributed by atoms with E-state index in [1.807, 2.05) is 42.6 Å². The summed E-state index contributed by atoms with van der Waals surface area (Å²) in [7, 11) is 0. The molecule has 0 bridgehead atoms. The van der Waals surface area contributed by atoms with Crippen LogP contribution in [0.5, 0.6) is 0 Å². The highest BCUT2D eigenvalue weighted by atomic mass is 35.5. The first kappa shape index (κ1) is 19.7. The fourth-order valence-electron chi connectivity index (χ4n) is 4.96. The van der Waals surface area contributed by atoms with Gasteiger partial charge in [-0.1, -0.05) is 47.5 Å². The van der Waals surface area contributed by atoms with Crippen molar-refractivity contribution in [1.82, 2.24) is 5.32 Å². The smallest absolute Gasteiger partial charge is 0.159 e. The third-order valence-electron chi connectivity index (χ3n) is 6.21. The zero-order valence-electron chi connectivity index (χ0n) is 15.9. The van der Waals surface area contributed by atoms with Gasteiger partial charge >= 0.3 is 0 Å². The Morgan fingerprint density at radius 1 is 0.900 bits per heavy atom. The second-order valence-electron chi connectivity index (χ2n) is 7.81. The topological polar surface area (TPSA) is 24.4 Å². The molecule has 3 atom stereocenters. The number of piperidine rings is 1. The lowest BCUT2D eigenvalue weighted by Crippen LogP contribution is -2.51. The molecule has 2 nitrogen and oxygen atoms in total. The molecule has 152 valence electrons. The van der Waals surface area contributed by atoms with Gasteiger partial charge in [-0.05, 0) is 66.1 Å². The molecule has 0 aliphatic carbocycles. The zero-order valence-corrected chi connectivity index (χ0v) is 17.4. The first-order valence-electron chi connectivity index (χ1n) is 9.78. The lowest BCUT2D eigenvalue weighted by atomic mass is 9.60. The average Bonchev–Trinajstić information content (AvgIpc) is 3.09. The minimum absolute atomic E-state index is 0.0433. The maximum absolute atomic E-state index is 14.2. The summed E-state index contributed by atoms with van der Waals surface area (Å²) in [6, 6.07) is 17.3. The molecular formula is C24H18Cl2F2N2. The average molecular weight is 443 g/mol. The number of fused-ring (bicyclic) bond motifs is 2. The Hall–Kier alpha value is -2.27. The molecule has 0 unspecified atom stereocenters. The number of hydrogen-bond donors (Lipinski definition) is 1. The van der Waals surface area contributed by atoms with Gasteiger partial charge in [-0.25, -0.2) is 8.78 Å². The normalized spacial score (nSPS) is 24.9. The number of benzene rings is 3. The van der Waals surface area contributed by atoms with Gasteiger partial charge in [0.2, 0.25) is 0 Å². The van der Waals surface area contributed by atoms with Crippen LogP contribution in [0.1, 0.15) is 35.1 Å². The van der Waals surface area contributed by atoms with Gasteiger partial charge < -0.3 is 5.32 Å². The predicted octanol–water partition coefficient (Wildman–Crippen LogP) is 6.74. The van der Waals surface area contributed by atoms with E-state index in [4.69, 9.17) is 28.2 Å². The van der Waals surface area contributed by atoms with E-state index in [0.29, 0.717) is 15.6 Å². The second kappa shape index (κ2) is 7.45. The molecule has 1 saturated heterocycles. The Morgan fingerprint density at radius 2 is 1.73 bits per heavy atom. The SMILES string of the molecule is Fc1ccc([C@H]2NCC[C@@H](c3cccc(Cl)c3)[C@]23C=Nc2cc(Cl)ccc23)cc1F. The number of hydrogen-bond acceptors (Lipinski definition) is 2. The molecule has 0 radical (unpaired) electrons. The molecule has 0 aromatic heterocycles. The van der Waals surface area contributed by atoms with Crippen LogP contribution in [-0.4, -0.2) is 12.8 Å². The first-order valence-corrected chi connectivity index (χ1v) is 10.5. The van der Waals surface area contributed by atoms with Crippen LogP contribution in [0.3, 0.4) is 0 Å². The van der Waals surface area contributed by atoms with Crippen molar-refractivity contribution in [2.75, 3.05) is 6.54 Å². The van der Waals surface area contributed by atoms with Crippen LogP contribution in [0.4, 0.5) is 14.5 Å². The molecule has 2 aliphatic rings. The van der Waals surface area contributed by atoms with Crippen LogP contribution in [-0.2, 0) is 5.41 Å². The highest BCUT2D eigenvalue weighted by Gasteiger charge is 2.52. The van der Waals surface area contributed by atoms with Crippen molar-refractivity contribution in [2.24, 2.45) is 4.99 Å². The highest BCUT2D eigenvalue weighted by molar-refractivity contribution is 6.31. The lowest BCUT2D eigenvalue weighted by molar-refractivity contribution is 0.269. The molecular weight excluding hydrogens is 425 g/mol. The van der Waals surface area contributed by atoms with Gasteiger partial charge in [0, 0.05) is 28.2 Å². The molecule has 1 fully saturated rings. The molecule has 1 N–H and O–H groups in total. The van der Waals surface area contributed by atoms with Gasteiger partial charge in [0.25, 0.3) is 0 Å².